The highest BCUT2D eigenvalue weighted by Gasteiger charge is 2.32. The van der Waals surface area contributed by atoms with E-state index in [0.29, 0.717) is 48.4 Å². The maximum atomic E-state index is 12.4. The van der Waals surface area contributed by atoms with Crippen molar-refractivity contribution in [2.75, 3.05) is 19.8 Å². The molecule has 0 radical (unpaired) electrons. The number of carbonyl (C=O) groups is 4. The van der Waals surface area contributed by atoms with Crippen molar-refractivity contribution in [3.8, 4) is 0 Å². The Morgan fingerprint density at radius 3 is 1.24 bits per heavy atom. The van der Waals surface area contributed by atoms with Gasteiger partial charge in [0.2, 0.25) is 11.6 Å². The fraction of sp³-hybridized carbons (Fsp3) is 0.294. The van der Waals surface area contributed by atoms with Crippen LogP contribution in [0.1, 0.15) is 68.2 Å². The number of fused-ring (bicyclic) bond motifs is 2. The Morgan fingerprint density at radius 2 is 0.957 bits per heavy atom. The Morgan fingerprint density at radius 1 is 0.609 bits per heavy atom. The number of carboxylic acids is 2. The number of hydrogen-bond donors (Lipinski definition) is 6. The molecule has 0 amide bonds. The lowest BCUT2D eigenvalue weighted by Gasteiger charge is -2.20. The molecule has 2 aliphatic heterocycles. The molecular weight excluding hydrogens is 594 g/mol. The average molecular weight is 632 g/mol. The first-order valence-corrected chi connectivity index (χ1v) is 14.7. The fourth-order valence-corrected chi connectivity index (χ4v) is 5.41. The predicted octanol–water partition coefficient (Wildman–Crippen LogP) is 2.24. The van der Waals surface area contributed by atoms with E-state index in [4.69, 9.17) is 31.3 Å². The fourth-order valence-electron chi connectivity index (χ4n) is 5.41. The summed E-state index contributed by atoms with van der Waals surface area (Å²) in [7, 11) is 0. The zero-order valence-corrected chi connectivity index (χ0v) is 25.0. The molecule has 2 aliphatic rings. The number of aliphatic carboxylic acids is 2. The van der Waals surface area contributed by atoms with Gasteiger partial charge in [-0.15, -0.1) is 0 Å². The lowest BCUT2D eigenvalue weighted by Crippen LogP contribution is -2.50. The Labute approximate surface area is 265 Å². The molecule has 4 heterocycles. The highest BCUT2D eigenvalue weighted by Crippen LogP contribution is 2.32. The van der Waals surface area contributed by atoms with Gasteiger partial charge in [-0.05, 0) is 37.1 Å². The second-order valence-electron chi connectivity index (χ2n) is 11.2. The Hall–Kier alpha value is -4.88. The molecule has 4 aromatic rings. The first kappa shape index (κ1) is 34.0. The second-order valence-corrected chi connectivity index (χ2v) is 11.2. The van der Waals surface area contributed by atoms with E-state index in [1.165, 1.54) is 0 Å². The number of benzene rings is 2. The summed E-state index contributed by atoms with van der Waals surface area (Å²) in [6.45, 7) is -0.0274. The third-order valence-corrected chi connectivity index (χ3v) is 8.10. The van der Waals surface area contributed by atoms with Crippen LogP contribution >= 0.6 is 0 Å². The number of carboxylic acid groups (broad SMARTS) is 2. The van der Waals surface area contributed by atoms with Crippen LogP contribution in [0.5, 0.6) is 0 Å². The molecule has 46 heavy (non-hydrogen) atoms. The third kappa shape index (κ3) is 7.32. The second kappa shape index (κ2) is 14.9. The summed E-state index contributed by atoms with van der Waals surface area (Å²) in [5.41, 5.74) is 7.80. The molecule has 0 bridgehead atoms. The quantitative estimate of drug-likeness (QED) is 0.149. The number of rotatable bonds is 9. The Bertz CT molecular complexity index is 1550. The van der Waals surface area contributed by atoms with Crippen LogP contribution in [0.25, 0.3) is 0 Å². The van der Waals surface area contributed by atoms with Gasteiger partial charge in [-0.3, -0.25) is 19.2 Å². The van der Waals surface area contributed by atoms with Gasteiger partial charge in [0.05, 0.1) is 48.6 Å². The maximum Gasteiger partial charge on any atom is 0.312 e. The summed E-state index contributed by atoms with van der Waals surface area (Å²) in [5, 5.41) is 43.3. The summed E-state index contributed by atoms with van der Waals surface area (Å²) in [6.07, 6.45) is 1.11. The van der Waals surface area contributed by atoms with E-state index in [1.54, 1.807) is 48.5 Å². The van der Waals surface area contributed by atoms with Crippen LogP contribution < -0.4 is 5.73 Å². The van der Waals surface area contributed by atoms with Crippen LogP contribution in [0.4, 0.5) is 0 Å². The van der Waals surface area contributed by atoms with Crippen LogP contribution in [0, 0.1) is 0 Å². The van der Waals surface area contributed by atoms with E-state index in [1.807, 2.05) is 45.5 Å². The molecular formula is C34H37N3O9. The summed E-state index contributed by atoms with van der Waals surface area (Å²) in [4.78, 5) is 47.0. The molecule has 2 atom stereocenters. The SMILES string of the molecule is NC(CO)(CO)CO.O=C(c1ccccc1)c1ccc2n1CCC2C(=O)O.O=C(c1ccccc1)c1ccc2n1CCC2C(=O)O. The minimum Gasteiger partial charge on any atom is -0.481 e. The molecule has 0 aliphatic carbocycles. The largest absolute Gasteiger partial charge is 0.481 e. The molecule has 242 valence electrons. The van der Waals surface area contributed by atoms with Crippen molar-refractivity contribution in [3.63, 3.8) is 0 Å². The number of nitrogens with zero attached hydrogens (tertiary/aromatic N) is 2. The van der Waals surface area contributed by atoms with E-state index in [2.05, 4.69) is 0 Å². The highest BCUT2D eigenvalue weighted by molar-refractivity contribution is 6.08. The monoisotopic (exact) mass is 631 g/mol. The lowest BCUT2D eigenvalue weighted by molar-refractivity contribution is -0.139. The van der Waals surface area contributed by atoms with Crippen molar-refractivity contribution in [3.05, 3.63) is 119 Å². The first-order valence-electron chi connectivity index (χ1n) is 14.7. The van der Waals surface area contributed by atoms with Crippen molar-refractivity contribution < 1.29 is 44.7 Å². The molecule has 2 aromatic heterocycles. The summed E-state index contributed by atoms with van der Waals surface area (Å²) < 4.78 is 3.66. The minimum absolute atomic E-state index is 0.0575. The van der Waals surface area contributed by atoms with Gasteiger partial charge in [-0.25, -0.2) is 0 Å². The minimum atomic E-state index is -1.21. The van der Waals surface area contributed by atoms with E-state index in [0.717, 1.165) is 11.4 Å². The number of ketones is 2. The standard InChI is InChI=1S/2C15H13NO3.C4H11NO3/c2*17-14(10-4-2-1-3-5-10)13-7-6-12-11(15(18)19)8-9-16(12)13;5-4(1-6,2-7)3-8/h2*1-7,11H,8-9H2,(H,18,19);6-8H,1-3,5H2. The van der Waals surface area contributed by atoms with Crippen molar-refractivity contribution in [2.24, 2.45) is 5.73 Å². The van der Waals surface area contributed by atoms with Crippen molar-refractivity contribution in [2.45, 2.75) is 43.3 Å². The number of aromatic nitrogens is 2. The van der Waals surface area contributed by atoms with E-state index in [-0.39, 0.29) is 11.6 Å². The number of hydrogen-bond acceptors (Lipinski definition) is 8. The van der Waals surface area contributed by atoms with Crippen LogP contribution in [0.2, 0.25) is 0 Å². The van der Waals surface area contributed by atoms with Crippen molar-refractivity contribution in [1.29, 1.82) is 0 Å². The van der Waals surface area contributed by atoms with Crippen LogP contribution in [0.15, 0.2) is 84.9 Å². The van der Waals surface area contributed by atoms with Gasteiger partial charge in [0.25, 0.3) is 0 Å². The summed E-state index contributed by atoms with van der Waals surface area (Å²) in [6, 6.07) is 25.0. The molecule has 6 rings (SSSR count). The number of aliphatic hydroxyl groups excluding tert-OH is 3. The third-order valence-electron chi connectivity index (χ3n) is 8.10. The molecule has 12 heteroatoms. The van der Waals surface area contributed by atoms with Gasteiger partial charge in [0.1, 0.15) is 0 Å². The van der Waals surface area contributed by atoms with Crippen LogP contribution in [-0.4, -0.2) is 83.5 Å². The molecule has 0 saturated heterocycles. The van der Waals surface area contributed by atoms with E-state index in [9.17, 15) is 19.2 Å². The van der Waals surface area contributed by atoms with Gasteiger partial charge in [-0.1, -0.05) is 60.7 Å². The van der Waals surface area contributed by atoms with Crippen molar-refractivity contribution >= 4 is 23.5 Å². The molecule has 7 N–H and O–H groups in total. The van der Waals surface area contributed by atoms with Gasteiger partial charge in [0.15, 0.2) is 0 Å². The highest BCUT2D eigenvalue weighted by atomic mass is 16.4. The normalized spacial score (nSPS) is 16.3. The number of aliphatic hydroxyl groups is 3. The number of carbonyl (C=O) groups excluding carboxylic acids is 2. The molecule has 12 nitrogen and oxygen atoms in total. The Kier molecular flexibility index (Phi) is 11.0. The average Bonchev–Trinajstić information content (AvgIpc) is 3.87. The molecule has 0 fully saturated rings. The lowest BCUT2D eigenvalue weighted by atomic mass is 10.1. The topological polar surface area (TPSA) is 205 Å². The zero-order valence-electron chi connectivity index (χ0n) is 25.0. The first-order chi connectivity index (χ1) is 22.0. The summed E-state index contributed by atoms with van der Waals surface area (Å²) >= 11 is 0. The summed E-state index contributed by atoms with van der Waals surface area (Å²) in [5.74, 6) is -2.74. The van der Waals surface area contributed by atoms with E-state index >= 15 is 0 Å². The molecule has 0 saturated carbocycles. The van der Waals surface area contributed by atoms with Crippen LogP contribution in [-0.2, 0) is 22.7 Å². The molecule has 0 spiro atoms. The van der Waals surface area contributed by atoms with Crippen molar-refractivity contribution in [1.82, 2.24) is 9.13 Å². The zero-order chi connectivity index (χ0) is 33.4. The number of nitrogens with two attached hydrogens (primary N) is 1. The van der Waals surface area contributed by atoms with Gasteiger partial charge < -0.3 is 40.4 Å². The predicted molar refractivity (Wildman–Crippen MR) is 167 cm³/mol. The van der Waals surface area contributed by atoms with Gasteiger partial charge in [0, 0.05) is 35.6 Å². The van der Waals surface area contributed by atoms with Gasteiger partial charge in [-0.2, -0.15) is 0 Å². The maximum absolute atomic E-state index is 12.4. The van der Waals surface area contributed by atoms with Crippen LogP contribution in [0.3, 0.4) is 0 Å². The molecule has 2 unspecified atom stereocenters. The smallest absolute Gasteiger partial charge is 0.312 e. The molecule has 2 aromatic carbocycles. The van der Waals surface area contributed by atoms with E-state index < -0.39 is 49.1 Å². The van der Waals surface area contributed by atoms with Gasteiger partial charge >= 0.3 is 11.9 Å². The Balaban J connectivity index is 0.000000170.